The number of amides is 1. The SMILES string of the molecule is Cc1nn(Cc2ccc(C#N)cc2)c(C)c1NC(=O)c1cc(S(=O)(=O)N(C)C)nc2ccccc12. The number of hydrogen-bond donors (Lipinski definition) is 1. The van der Waals surface area contributed by atoms with Crippen molar-refractivity contribution in [2.45, 2.75) is 25.4 Å². The summed E-state index contributed by atoms with van der Waals surface area (Å²) in [5.41, 5.74) is 4.09. The van der Waals surface area contributed by atoms with Crippen LogP contribution in [0.4, 0.5) is 5.69 Å². The minimum atomic E-state index is -3.84. The van der Waals surface area contributed by atoms with Crippen LogP contribution >= 0.6 is 0 Å². The molecule has 2 aromatic carbocycles. The first-order valence-electron chi connectivity index (χ1n) is 10.8. The largest absolute Gasteiger partial charge is 0.319 e. The zero-order valence-electron chi connectivity index (χ0n) is 19.8. The van der Waals surface area contributed by atoms with Gasteiger partial charge in [0.2, 0.25) is 0 Å². The number of nitrogens with one attached hydrogen (secondary N) is 1. The molecule has 0 atom stereocenters. The molecule has 2 aromatic heterocycles. The van der Waals surface area contributed by atoms with Crippen LogP contribution in [0.3, 0.4) is 0 Å². The van der Waals surface area contributed by atoms with Crippen molar-refractivity contribution < 1.29 is 13.2 Å². The van der Waals surface area contributed by atoms with Crippen molar-refractivity contribution in [3.8, 4) is 6.07 Å². The third kappa shape index (κ3) is 4.64. The molecule has 0 radical (unpaired) electrons. The third-order valence-electron chi connectivity index (χ3n) is 5.72. The normalized spacial score (nSPS) is 11.5. The van der Waals surface area contributed by atoms with E-state index in [2.05, 4.69) is 21.5 Å². The molecular formula is C25H24N6O3S. The van der Waals surface area contributed by atoms with Crippen molar-refractivity contribution in [1.29, 1.82) is 5.26 Å². The first kappa shape index (κ1) is 24.1. The molecule has 0 fully saturated rings. The minimum Gasteiger partial charge on any atom is -0.319 e. The molecule has 0 saturated heterocycles. The number of nitriles is 1. The van der Waals surface area contributed by atoms with Gasteiger partial charge >= 0.3 is 0 Å². The molecule has 9 nitrogen and oxygen atoms in total. The summed E-state index contributed by atoms with van der Waals surface area (Å²) < 4.78 is 28.3. The Hall–Kier alpha value is -4.07. The van der Waals surface area contributed by atoms with Crippen LogP contribution < -0.4 is 5.32 Å². The van der Waals surface area contributed by atoms with E-state index in [1.807, 2.05) is 19.1 Å². The van der Waals surface area contributed by atoms with E-state index in [1.54, 1.807) is 48.0 Å². The Morgan fingerprint density at radius 1 is 1.11 bits per heavy atom. The van der Waals surface area contributed by atoms with Crippen molar-refractivity contribution in [2.24, 2.45) is 0 Å². The van der Waals surface area contributed by atoms with Crippen LogP contribution in [-0.2, 0) is 16.6 Å². The number of sulfonamides is 1. The molecule has 0 bridgehead atoms. The number of carbonyl (C=O) groups is 1. The lowest BCUT2D eigenvalue weighted by Gasteiger charge is -2.14. The molecule has 178 valence electrons. The maximum atomic E-state index is 13.4. The maximum absolute atomic E-state index is 13.4. The lowest BCUT2D eigenvalue weighted by atomic mass is 10.1. The zero-order valence-corrected chi connectivity index (χ0v) is 20.6. The highest BCUT2D eigenvalue weighted by Gasteiger charge is 2.24. The van der Waals surface area contributed by atoms with Crippen molar-refractivity contribution >= 4 is 32.5 Å². The molecule has 0 saturated carbocycles. The number of carbonyl (C=O) groups excluding carboxylic acids is 1. The van der Waals surface area contributed by atoms with Crippen LogP contribution in [0.5, 0.6) is 0 Å². The van der Waals surface area contributed by atoms with Gasteiger partial charge in [-0.15, -0.1) is 0 Å². The minimum absolute atomic E-state index is 0.198. The summed E-state index contributed by atoms with van der Waals surface area (Å²) in [7, 11) is -1.01. The third-order valence-corrected chi connectivity index (χ3v) is 7.42. The number of pyridine rings is 1. The van der Waals surface area contributed by atoms with Gasteiger partial charge in [-0.1, -0.05) is 30.3 Å². The van der Waals surface area contributed by atoms with Crippen LogP contribution in [0.15, 0.2) is 59.6 Å². The molecule has 0 unspecified atom stereocenters. The standard InChI is InChI=1S/C25H24N6O3S/c1-16-24(17(2)31(29-16)15-19-11-9-18(14-26)10-12-19)28-25(32)21-13-23(35(33,34)30(3)4)27-22-8-6-5-7-20(21)22/h5-13H,15H2,1-4H3,(H,28,32). The number of hydrogen-bond acceptors (Lipinski definition) is 6. The van der Waals surface area contributed by atoms with E-state index < -0.39 is 15.9 Å². The van der Waals surface area contributed by atoms with Gasteiger partial charge in [0.1, 0.15) is 0 Å². The van der Waals surface area contributed by atoms with Gasteiger partial charge in [0.25, 0.3) is 15.9 Å². The molecule has 35 heavy (non-hydrogen) atoms. The van der Waals surface area contributed by atoms with Crippen molar-refractivity contribution in [3.05, 3.63) is 82.7 Å². The number of anilines is 1. The number of aryl methyl sites for hydroxylation is 1. The number of aromatic nitrogens is 3. The number of para-hydroxylation sites is 1. The van der Waals surface area contributed by atoms with Gasteiger partial charge in [0.15, 0.2) is 5.03 Å². The number of rotatable bonds is 6. The maximum Gasteiger partial charge on any atom is 0.260 e. The molecule has 0 aliphatic heterocycles. The molecule has 4 rings (SSSR count). The predicted molar refractivity (Wildman–Crippen MR) is 133 cm³/mol. The first-order valence-corrected chi connectivity index (χ1v) is 12.2. The lowest BCUT2D eigenvalue weighted by molar-refractivity contribution is 0.102. The molecule has 4 aromatic rings. The number of benzene rings is 2. The van der Waals surface area contributed by atoms with E-state index in [0.717, 1.165) is 15.6 Å². The quantitative estimate of drug-likeness (QED) is 0.444. The number of fused-ring (bicyclic) bond motifs is 1. The van der Waals surface area contributed by atoms with Gasteiger partial charge in [-0.25, -0.2) is 17.7 Å². The first-order chi connectivity index (χ1) is 16.6. The Kier molecular flexibility index (Phi) is 6.39. The average molecular weight is 489 g/mol. The Labute approximate surface area is 203 Å². The van der Waals surface area contributed by atoms with Gasteiger partial charge in [-0.3, -0.25) is 9.48 Å². The van der Waals surface area contributed by atoms with Crippen LogP contribution in [0.1, 0.15) is 32.9 Å². The Morgan fingerprint density at radius 2 is 1.80 bits per heavy atom. The monoisotopic (exact) mass is 488 g/mol. The van der Waals surface area contributed by atoms with E-state index in [4.69, 9.17) is 5.26 Å². The summed E-state index contributed by atoms with van der Waals surface area (Å²) >= 11 is 0. The molecule has 0 aliphatic rings. The second-order valence-electron chi connectivity index (χ2n) is 8.28. The molecule has 0 aliphatic carbocycles. The Morgan fingerprint density at radius 3 is 2.46 bits per heavy atom. The van der Waals surface area contributed by atoms with Gasteiger partial charge < -0.3 is 5.32 Å². The lowest BCUT2D eigenvalue weighted by Crippen LogP contribution is -2.24. The Balaban J connectivity index is 1.70. The second kappa shape index (κ2) is 9.29. The van der Waals surface area contributed by atoms with Crippen molar-refractivity contribution in [3.63, 3.8) is 0 Å². The summed E-state index contributed by atoms with van der Waals surface area (Å²) in [6, 6.07) is 17.5. The average Bonchev–Trinajstić information content (AvgIpc) is 3.10. The topological polar surface area (TPSA) is 121 Å². The fraction of sp³-hybridized carbons (Fsp3) is 0.200. The van der Waals surface area contributed by atoms with Crippen molar-refractivity contribution in [2.75, 3.05) is 19.4 Å². The van der Waals surface area contributed by atoms with Crippen LogP contribution in [0.25, 0.3) is 10.9 Å². The van der Waals surface area contributed by atoms with Gasteiger partial charge in [-0.2, -0.15) is 10.4 Å². The van der Waals surface area contributed by atoms with Gasteiger partial charge in [0.05, 0.1) is 46.3 Å². The highest BCUT2D eigenvalue weighted by Crippen LogP contribution is 2.26. The summed E-state index contributed by atoms with van der Waals surface area (Å²) in [5.74, 6) is -0.456. The summed E-state index contributed by atoms with van der Waals surface area (Å²) in [5, 5.41) is 16.8. The summed E-state index contributed by atoms with van der Waals surface area (Å²) in [6.45, 7) is 4.12. The van der Waals surface area contributed by atoms with E-state index in [0.29, 0.717) is 34.4 Å². The smallest absolute Gasteiger partial charge is 0.260 e. The summed E-state index contributed by atoms with van der Waals surface area (Å²) in [6.07, 6.45) is 0. The fourth-order valence-corrected chi connectivity index (χ4v) is 4.58. The van der Waals surface area contributed by atoms with E-state index in [1.165, 1.54) is 20.2 Å². The molecule has 10 heteroatoms. The number of nitrogens with zero attached hydrogens (tertiary/aromatic N) is 5. The highest BCUT2D eigenvalue weighted by atomic mass is 32.2. The van der Waals surface area contributed by atoms with Gasteiger partial charge in [0, 0.05) is 19.5 Å². The molecular weight excluding hydrogens is 464 g/mol. The van der Waals surface area contributed by atoms with Crippen LogP contribution in [-0.4, -0.2) is 47.5 Å². The van der Waals surface area contributed by atoms with Gasteiger partial charge in [-0.05, 0) is 43.7 Å². The summed E-state index contributed by atoms with van der Waals surface area (Å²) in [4.78, 5) is 17.7. The van der Waals surface area contributed by atoms with E-state index in [-0.39, 0.29) is 10.6 Å². The fourth-order valence-electron chi connectivity index (χ4n) is 3.73. The van der Waals surface area contributed by atoms with Crippen molar-refractivity contribution in [1.82, 2.24) is 19.1 Å². The second-order valence-corrected chi connectivity index (χ2v) is 10.4. The highest BCUT2D eigenvalue weighted by molar-refractivity contribution is 7.89. The van der Waals surface area contributed by atoms with E-state index in [9.17, 15) is 13.2 Å². The van der Waals surface area contributed by atoms with Crippen LogP contribution in [0.2, 0.25) is 0 Å². The molecule has 1 N–H and O–H groups in total. The predicted octanol–water partition coefficient (Wildman–Crippen LogP) is 3.47. The Bertz CT molecular complexity index is 1580. The molecule has 2 heterocycles. The van der Waals surface area contributed by atoms with E-state index >= 15 is 0 Å². The molecule has 1 amide bonds. The zero-order chi connectivity index (χ0) is 25.3. The van der Waals surface area contributed by atoms with Crippen LogP contribution in [0, 0.1) is 25.2 Å². The molecule has 0 spiro atoms.